The monoisotopic (exact) mass is 273 g/mol. The van der Waals surface area contributed by atoms with E-state index in [0.29, 0.717) is 0 Å². The lowest BCUT2D eigenvalue weighted by atomic mass is 10.2. The third-order valence-electron chi connectivity index (χ3n) is 2.71. The molecule has 1 nitrogen and oxygen atoms in total. The largest absolute Gasteiger partial charge is 0.298 e. The second-order valence-corrected chi connectivity index (χ2v) is 6.21. The van der Waals surface area contributed by atoms with Crippen LogP contribution in [0.3, 0.4) is 0 Å². The van der Waals surface area contributed by atoms with E-state index in [9.17, 15) is 0 Å². The van der Waals surface area contributed by atoms with E-state index >= 15 is 0 Å². The van der Waals surface area contributed by atoms with Gasteiger partial charge in [-0.1, -0.05) is 22.0 Å². The summed E-state index contributed by atoms with van der Waals surface area (Å²) in [6.07, 6.45) is 3.97. The summed E-state index contributed by atoms with van der Waals surface area (Å²) < 4.78 is 0. The fourth-order valence-electron chi connectivity index (χ4n) is 1.90. The number of halogens is 1. The van der Waals surface area contributed by atoms with Crippen molar-refractivity contribution in [2.45, 2.75) is 30.6 Å². The van der Waals surface area contributed by atoms with Crippen LogP contribution in [0.2, 0.25) is 0 Å². The highest BCUT2D eigenvalue weighted by Gasteiger charge is 2.14. The van der Waals surface area contributed by atoms with Crippen molar-refractivity contribution >= 4 is 27.3 Å². The predicted molar refractivity (Wildman–Crippen MR) is 66.2 cm³/mol. The van der Waals surface area contributed by atoms with Crippen LogP contribution in [0.15, 0.2) is 17.5 Å². The van der Waals surface area contributed by atoms with Gasteiger partial charge in [0.2, 0.25) is 0 Å². The standard InChI is InChI=1S/C11H16BrNS/c12-10-3-1-6-13(7-5-10)9-11-4-2-8-14-11/h2,4,8,10H,1,3,5-7,9H2. The summed E-state index contributed by atoms with van der Waals surface area (Å²) in [6.45, 7) is 3.66. The molecule has 1 aromatic rings. The highest BCUT2D eigenvalue weighted by molar-refractivity contribution is 9.09. The molecule has 0 radical (unpaired) electrons. The van der Waals surface area contributed by atoms with Crippen LogP contribution in [0.4, 0.5) is 0 Å². The molecule has 0 N–H and O–H groups in total. The number of nitrogens with zero attached hydrogens (tertiary/aromatic N) is 1. The Morgan fingerprint density at radius 2 is 2.36 bits per heavy atom. The van der Waals surface area contributed by atoms with Crippen LogP contribution in [0.1, 0.15) is 24.1 Å². The number of rotatable bonds is 2. The van der Waals surface area contributed by atoms with Gasteiger partial charge in [0.1, 0.15) is 0 Å². The lowest BCUT2D eigenvalue weighted by Crippen LogP contribution is -2.23. The van der Waals surface area contributed by atoms with Crippen molar-refractivity contribution < 1.29 is 0 Å². The maximum absolute atomic E-state index is 3.72. The van der Waals surface area contributed by atoms with Crippen molar-refractivity contribution in [2.75, 3.05) is 13.1 Å². The van der Waals surface area contributed by atoms with Crippen molar-refractivity contribution in [3.8, 4) is 0 Å². The summed E-state index contributed by atoms with van der Waals surface area (Å²) in [5.74, 6) is 0. The molecule has 1 aliphatic rings. The molecule has 1 aliphatic heterocycles. The summed E-state index contributed by atoms with van der Waals surface area (Å²) in [4.78, 5) is 4.82. The molecule has 0 saturated carbocycles. The van der Waals surface area contributed by atoms with Crippen LogP contribution in [0.5, 0.6) is 0 Å². The van der Waals surface area contributed by atoms with Gasteiger partial charge < -0.3 is 0 Å². The third-order valence-corrected chi connectivity index (χ3v) is 4.49. The van der Waals surface area contributed by atoms with Crippen LogP contribution in [0, 0.1) is 0 Å². The smallest absolute Gasteiger partial charge is 0.0327 e. The first-order valence-electron chi connectivity index (χ1n) is 5.23. The van der Waals surface area contributed by atoms with E-state index in [4.69, 9.17) is 0 Å². The maximum Gasteiger partial charge on any atom is 0.0327 e. The number of hydrogen-bond donors (Lipinski definition) is 0. The van der Waals surface area contributed by atoms with E-state index in [0.717, 1.165) is 11.4 Å². The molecule has 78 valence electrons. The zero-order chi connectivity index (χ0) is 9.80. The zero-order valence-electron chi connectivity index (χ0n) is 8.29. The van der Waals surface area contributed by atoms with Crippen molar-refractivity contribution in [2.24, 2.45) is 0 Å². The minimum absolute atomic E-state index is 0.746. The Balaban J connectivity index is 1.86. The predicted octanol–water partition coefficient (Wildman–Crippen LogP) is 3.50. The van der Waals surface area contributed by atoms with Gasteiger partial charge in [-0.15, -0.1) is 11.3 Å². The Labute approximate surface area is 98.2 Å². The molecule has 1 atom stereocenters. The molecule has 3 heteroatoms. The van der Waals surface area contributed by atoms with Gasteiger partial charge in [0, 0.05) is 16.2 Å². The molecule has 2 heterocycles. The molecular formula is C11H16BrNS. The molecule has 0 aliphatic carbocycles. The molecule has 0 aromatic carbocycles. The second-order valence-electron chi connectivity index (χ2n) is 3.88. The van der Waals surface area contributed by atoms with E-state index < -0.39 is 0 Å². The Morgan fingerprint density at radius 3 is 3.14 bits per heavy atom. The van der Waals surface area contributed by atoms with Crippen molar-refractivity contribution in [1.29, 1.82) is 0 Å². The first-order valence-corrected chi connectivity index (χ1v) is 7.03. The summed E-state index contributed by atoms with van der Waals surface area (Å²) in [6, 6.07) is 4.38. The summed E-state index contributed by atoms with van der Waals surface area (Å²) >= 11 is 5.59. The molecule has 2 rings (SSSR count). The highest BCUT2D eigenvalue weighted by Crippen LogP contribution is 2.20. The van der Waals surface area contributed by atoms with Crippen molar-refractivity contribution in [3.05, 3.63) is 22.4 Å². The first kappa shape index (κ1) is 10.7. The van der Waals surface area contributed by atoms with Gasteiger partial charge in [-0.3, -0.25) is 4.90 Å². The third kappa shape index (κ3) is 3.07. The number of thiophene rings is 1. The van der Waals surface area contributed by atoms with Crippen molar-refractivity contribution in [3.63, 3.8) is 0 Å². The Kier molecular flexibility index (Phi) is 4.02. The zero-order valence-corrected chi connectivity index (χ0v) is 10.7. The average molecular weight is 274 g/mol. The van der Waals surface area contributed by atoms with Gasteiger partial charge in [0.15, 0.2) is 0 Å². The first-order chi connectivity index (χ1) is 6.84. The normalized spacial score (nSPS) is 24.8. The van der Waals surface area contributed by atoms with Gasteiger partial charge in [-0.25, -0.2) is 0 Å². The summed E-state index contributed by atoms with van der Waals surface area (Å²) in [5.41, 5.74) is 0. The molecule has 1 fully saturated rings. The summed E-state index contributed by atoms with van der Waals surface area (Å²) in [7, 11) is 0. The van der Waals surface area contributed by atoms with Gasteiger partial charge in [-0.05, 0) is 43.8 Å². The highest BCUT2D eigenvalue weighted by atomic mass is 79.9. The van der Waals surface area contributed by atoms with Crippen LogP contribution in [0.25, 0.3) is 0 Å². The molecule has 14 heavy (non-hydrogen) atoms. The molecule has 0 spiro atoms. The molecule has 0 bridgehead atoms. The van der Waals surface area contributed by atoms with E-state index in [2.05, 4.69) is 38.3 Å². The minimum Gasteiger partial charge on any atom is -0.298 e. The van der Waals surface area contributed by atoms with Crippen LogP contribution in [-0.2, 0) is 6.54 Å². The van der Waals surface area contributed by atoms with Gasteiger partial charge in [-0.2, -0.15) is 0 Å². The quantitative estimate of drug-likeness (QED) is 0.746. The number of hydrogen-bond acceptors (Lipinski definition) is 2. The van der Waals surface area contributed by atoms with Gasteiger partial charge in [0.05, 0.1) is 0 Å². The van der Waals surface area contributed by atoms with E-state index in [-0.39, 0.29) is 0 Å². The number of likely N-dealkylation sites (tertiary alicyclic amines) is 1. The molecular weight excluding hydrogens is 258 g/mol. The SMILES string of the molecule is BrC1CCCN(Cc2cccs2)CC1. The average Bonchev–Trinajstić information content (AvgIpc) is 2.58. The fourth-order valence-corrected chi connectivity index (χ4v) is 3.17. The molecule has 1 saturated heterocycles. The second kappa shape index (κ2) is 5.29. The lowest BCUT2D eigenvalue weighted by molar-refractivity contribution is 0.280. The minimum atomic E-state index is 0.746. The Bertz CT molecular complexity index is 260. The molecule has 1 unspecified atom stereocenters. The lowest BCUT2D eigenvalue weighted by Gasteiger charge is -2.18. The van der Waals surface area contributed by atoms with E-state index in [1.54, 1.807) is 0 Å². The van der Waals surface area contributed by atoms with Gasteiger partial charge in [0.25, 0.3) is 0 Å². The maximum atomic E-state index is 3.72. The molecule has 1 aromatic heterocycles. The van der Waals surface area contributed by atoms with Crippen LogP contribution >= 0.6 is 27.3 Å². The Hall–Kier alpha value is 0.140. The summed E-state index contributed by atoms with van der Waals surface area (Å²) in [5, 5.41) is 2.17. The van der Waals surface area contributed by atoms with Gasteiger partial charge >= 0.3 is 0 Å². The molecule has 0 amide bonds. The fraction of sp³-hybridized carbons (Fsp3) is 0.636. The van der Waals surface area contributed by atoms with Crippen LogP contribution in [-0.4, -0.2) is 22.8 Å². The van der Waals surface area contributed by atoms with E-state index in [1.165, 1.54) is 37.2 Å². The topological polar surface area (TPSA) is 3.24 Å². The van der Waals surface area contributed by atoms with Crippen molar-refractivity contribution in [1.82, 2.24) is 4.90 Å². The van der Waals surface area contributed by atoms with Crippen LogP contribution < -0.4 is 0 Å². The number of alkyl halides is 1. The Morgan fingerprint density at radius 1 is 1.43 bits per heavy atom. The van der Waals surface area contributed by atoms with E-state index in [1.807, 2.05) is 11.3 Å².